The Hall–Kier alpha value is -3.34. The van der Waals surface area contributed by atoms with Crippen molar-refractivity contribution in [2.24, 2.45) is 0 Å². The van der Waals surface area contributed by atoms with Gasteiger partial charge in [-0.05, 0) is 63.2 Å². The molecule has 2 aromatic carbocycles. The summed E-state index contributed by atoms with van der Waals surface area (Å²) in [6.45, 7) is 7.56. The molecule has 0 unspecified atom stereocenters. The minimum absolute atomic E-state index is 0.303. The summed E-state index contributed by atoms with van der Waals surface area (Å²) >= 11 is 1.61. The number of ether oxygens (including phenoxy) is 1. The van der Waals surface area contributed by atoms with Gasteiger partial charge in [0.1, 0.15) is 17.2 Å². The molecule has 1 fully saturated rings. The van der Waals surface area contributed by atoms with Gasteiger partial charge >= 0.3 is 0 Å². The predicted octanol–water partition coefficient (Wildman–Crippen LogP) is 5.07. The molecule has 8 nitrogen and oxygen atoms in total. The number of fused-ring (bicyclic) bond motifs is 1. The van der Waals surface area contributed by atoms with E-state index in [9.17, 15) is 0 Å². The van der Waals surface area contributed by atoms with Gasteiger partial charge in [0, 0.05) is 72.7 Å². The number of anilines is 3. The lowest BCUT2D eigenvalue weighted by Gasteiger charge is -2.34. The number of hydrogen-bond donors (Lipinski definition) is 2. The van der Waals surface area contributed by atoms with Crippen molar-refractivity contribution in [1.29, 1.82) is 0 Å². The average Bonchev–Trinajstić information content (AvgIpc) is 3.32. The smallest absolute Gasteiger partial charge is 0.229 e. The number of hydrogen-bond acceptors (Lipinski definition) is 8. The molecule has 37 heavy (non-hydrogen) atoms. The Balaban J connectivity index is 1.39. The van der Waals surface area contributed by atoms with E-state index in [4.69, 9.17) is 9.72 Å². The SMILES string of the molecule is COc1cc(N2CCN(C)CC2)c(F)cc1Nc1ncc2ccn(-c3ccc(SNC(C)C)cc3)c2n1. The van der Waals surface area contributed by atoms with Crippen LogP contribution in [0.4, 0.5) is 21.7 Å². The monoisotopic (exact) mass is 521 g/mol. The van der Waals surface area contributed by atoms with Gasteiger partial charge in [0.15, 0.2) is 0 Å². The van der Waals surface area contributed by atoms with Gasteiger partial charge in [-0.1, -0.05) is 0 Å². The third kappa shape index (κ3) is 5.66. The number of nitrogens with one attached hydrogen (secondary N) is 2. The van der Waals surface area contributed by atoms with Crippen LogP contribution in [0.25, 0.3) is 16.7 Å². The lowest BCUT2D eigenvalue weighted by molar-refractivity contribution is 0.311. The Labute approximate surface area is 221 Å². The first-order valence-corrected chi connectivity index (χ1v) is 13.2. The lowest BCUT2D eigenvalue weighted by Crippen LogP contribution is -2.44. The largest absolute Gasteiger partial charge is 0.494 e. The van der Waals surface area contributed by atoms with E-state index in [0.29, 0.717) is 29.1 Å². The molecule has 0 radical (unpaired) electrons. The molecule has 3 heterocycles. The van der Waals surface area contributed by atoms with Gasteiger partial charge in [0.2, 0.25) is 5.95 Å². The van der Waals surface area contributed by atoms with Crippen molar-refractivity contribution in [3.05, 3.63) is 60.7 Å². The van der Waals surface area contributed by atoms with E-state index in [1.807, 2.05) is 16.8 Å². The number of nitrogens with zero attached hydrogens (tertiary/aromatic N) is 5. The van der Waals surface area contributed by atoms with Crippen LogP contribution < -0.4 is 19.7 Å². The van der Waals surface area contributed by atoms with Crippen molar-refractivity contribution >= 4 is 40.3 Å². The second-order valence-electron chi connectivity index (χ2n) is 9.45. The van der Waals surface area contributed by atoms with Crippen LogP contribution in [0.5, 0.6) is 5.75 Å². The molecule has 0 spiro atoms. The van der Waals surface area contributed by atoms with Gasteiger partial charge in [-0.2, -0.15) is 4.98 Å². The van der Waals surface area contributed by atoms with E-state index in [1.165, 1.54) is 6.07 Å². The molecular weight excluding hydrogens is 489 g/mol. The van der Waals surface area contributed by atoms with Crippen molar-refractivity contribution in [3.63, 3.8) is 0 Å². The van der Waals surface area contributed by atoms with Crippen LogP contribution >= 0.6 is 11.9 Å². The third-order valence-electron chi connectivity index (χ3n) is 6.31. The number of rotatable bonds is 8. The summed E-state index contributed by atoms with van der Waals surface area (Å²) in [5.41, 5.74) is 2.78. The summed E-state index contributed by atoms with van der Waals surface area (Å²) in [6, 6.07) is 13.9. The summed E-state index contributed by atoms with van der Waals surface area (Å²) < 4.78 is 26.1. The molecule has 4 aromatic rings. The summed E-state index contributed by atoms with van der Waals surface area (Å²) in [6.07, 6.45) is 3.74. The Kier molecular flexibility index (Phi) is 7.50. The molecule has 194 valence electrons. The molecule has 2 aromatic heterocycles. The summed E-state index contributed by atoms with van der Waals surface area (Å²) in [7, 11) is 3.66. The molecule has 5 rings (SSSR count). The molecule has 1 aliphatic rings. The van der Waals surface area contributed by atoms with Gasteiger partial charge in [0.25, 0.3) is 0 Å². The summed E-state index contributed by atoms with van der Waals surface area (Å²) in [5.74, 6) is 0.602. The molecule has 0 saturated carbocycles. The van der Waals surface area contributed by atoms with Crippen molar-refractivity contribution < 1.29 is 9.13 Å². The van der Waals surface area contributed by atoms with Crippen LogP contribution in [-0.2, 0) is 0 Å². The minimum atomic E-state index is -0.303. The fraction of sp³-hybridized carbons (Fsp3) is 0.333. The van der Waals surface area contributed by atoms with E-state index in [2.05, 4.69) is 70.0 Å². The molecule has 0 amide bonds. The number of benzene rings is 2. The summed E-state index contributed by atoms with van der Waals surface area (Å²) in [5, 5.41) is 4.07. The second kappa shape index (κ2) is 11.0. The fourth-order valence-corrected chi connectivity index (χ4v) is 4.91. The number of methoxy groups -OCH3 is 1. The fourth-order valence-electron chi connectivity index (χ4n) is 4.27. The molecule has 0 aliphatic carbocycles. The first-order chi connectivity index (χ1) is 17.9. The van der Waals surface area contributed by atoms with E-state index in [-0.39, 0.29) is 5.82 Å². The van der Waals surface area contributed by atoms with Crippen LogP contribution in [0.1, 0.15) is 13.8 Å². The van der Waals surface area contributed by atoms with Gasteiger partial charge in [-0.15, -0.1) is 0 Å². The van der Waals surface area contributed by atoms with Crippen molar-refractivity contribution in [2.45, 2.75) is 24.8 Å². The van der Waals surface area contributed by atoms with E-state index >= 15 is 4.39 Å². The standard InChI is InChI=1S/C27H32FN7OS/c1-18(2)32-37-21-7-5-20(6-8-21)35-10-9-19-17-29-27(31-26(19)35)30-23-15-22(28)24(16-25(23)36-4)34-13-11-33(3)12-14-34/h5-10,15-18,32H,11-14H2,1-4H3,(H,29,30,31). The van der Waals surface area contributed by atoms with Crippen LogP contribution in [0.3, 0.4) is 0 Å². The van der Waals surface area contributed by atoms with E-state index < -0.39 is 0 Å². The Morgan fingerprint density at radius 2 is 1.81 bits per heavy atom. The van der Waals surface area contributed by atoms with Crippen molar-refractivity contribution in [3.8, 4) is 11.4 Å². The normalized spacial score (nSPS) is 14.5. The number of likely N-dealkylation sites (N-methyl/N-ethyl adjacent to an activating group) is 1. The third-order valence-corrected chi connectivity index (χ3v) is 7.41. The highest BCUT2D eigenvalue weighted by molar-refractivity contribution is 7.97. The number of piperazine rings is 1. The number of aromatic nitrogens is 3. The topological polar surface area (TPSA) is 70.5 Å². The Bertz CT molecular complexity index is 1370. The van der Waals surface area contributed by atoms with Gasteiger partial charge in [-0.25, -0.2) is 9.37 Å². The maximum Gasteiger partial charge on any atom is 0.229 e. The van der Waals surface area contributed by atoms with E-state index in [0.717, 1.165) is 47.8 Å². The molecule has 10 heteroatoms. The highest BCUT2D eigenvalue weighted by Gasteiger charge is 2.20. The zero-order valence-electron chi connectivity index (χ0n) is 21.5. The maximum absolute atomic E-state index is 15.2. The highest BCUT2D eigenvalue weighted by atomic mass is 32.2. The van der Waals surface area contributed by atoms with Gasteiger partial charge < -0.3 is 24.4 Å². The first kappa shape index (κ1) is 25.3. The van der Waals surface area contributed by atoms with Gasteiger partial charge in [0.05, 0.1) is 18.5 Å². The highest BCUT2D eigenvalue weighted by Crippen LogP contribution is 2.34. The quantitative estimate of drug-likeness (QED) is 0.312. The molecule has 0 bridgehead atoms. The maximum atomic E-state index is 15.2. The van der Waals surface area contributed by atoms with Crippen LogP contribution in [0, 0.1) is 5.82 Å². The molecule has 1 saturated heterocycles. The average molecular weight is 522 g/mol. The lowest BCUT2D eigenvalue weighted by atomic mass is 10.2. The van der Waals surface area contributed by atoms with Crippen LogP contribution in [0.2, 0.25) is 0 Å². The molecular formula is C27H32FN7OS. The van der Waals surface area contributed by atoms with Crippen molar-refractivity contribution in [1.82, 2.24) is 24.2 Å². The minimum Gasteiger partial charge on any atom is -0.494 e. The molecule has 2 N–H and O–H groups in total. The predicted molar refractivity (Wildman–Crippen MR) is 149 cm³/mol. The Morgan fingerprint density at radius 3 is 2.51 bits per heavy atom. The summed E-state index contributed by atoms with van der Waals surface area (Å²) in [4.78, 5) is 14.6. The molecule has 1 aliphatic heterocycles. The van der Waals surface area contributed by atoms with Crippen molar-refractivity contribution in [2.75, 3.05) is 50.6 Å². The number of halogens is 1. The zero-order valence-corrected chi connectivity index (χ0v) is 22.3. The van der Waals surface area contributed by atoms with Gasteiger partial charge in [-0.3, -0.25) is 4.72 Å². The van der Waals surface area contributed by atoms with Crippen LogP contribution in [-0.4, -0.2) is 65.8 Å². The Morgan fingerprint density at radius 1 is 1.05 bits per heavy atom. The first-order valence-electron chi connectivity index (χ1n) is 12.4. The second-order valence-corrected chi connectivity index (χ2v) is 10.4. The van der Waals surface area contributed by atoms with E-state index in [1.54, 1.807) is 31.3 Å². The zero-order chi connectivity index (χ0) is 25.9. The van der Waals surface area contributed by atoms with Crippen LogP contribution in [0.15, 0.2) is 59.8 Å². The molecule has 0 atom stereocenters.